The molecule has 0 aliphatic carbocycles. The topological polar surface area (TPSA) is 22.8 Å². The van der Waals surface area contributed by atoms with Crippen molar-refractivity contribution in [1.82, 2.24) is 14.6 Å². The highest BCUT2D eigenvalue weighted by Gasteiger charge is 1.87. The monoisotopic (exact) mass is 133 g/mol. The van der Waals surface area contributed by atoms with Gasteiger partial charge < -0.3 is 0 Å². The Hall–Kier alpha value is -1.51. The van der Waals surface area contributed by atoms with E-state index in [2.05, 4.69) is 5.10 Å². The van der Waals surface area contributed by atoms with Gasteiger partial charge in [0.05, 0.1) is 6.20 Å². The molecule has 50 valence electrons. The second kappa shape index (κ2) is 2.02. The molecule has 0 aliphatic heterocycles. The summed E-state index contributed by atoms with van der Waals surface area (Å²) >= 11 is 0. The maximum Gasteiger partial charge on any atom is 0.0511 e. The van der Waals surface area contributed by atoms with Gasteiger partial charge in [0.2, 0.25) is 0 Å². The van der Waals surface area contributed by atoms with Gasteiger partial charge in [-0.15, -0.1) is 0 Å². The lowest BCUT2D eigenvalue weighted by Gasteiger charge is -1.98. The summed E-state index contributed by atoms with van der Waals surface area (Å²) in [6.45, 7) is 0. The second-order valence-corrected chi connectivity index (χ2v) is 1.99. The van der Waals surface area contributed by atoms with Crippen LogP contribution < -0.4 is 0 Å². The van der Waals surface area contributed by atoms with Crippen LogP contribution in [0.3, 0.4) is 0 Å². The molecule has 2 aromatic rings. The van der Waals surface area contributed by atoms with Gasteiger partial charge in [-0.3, -0.25) is 0 Å². The summed E-state index contributed by atoms with van der Waals surface area (Å²) in [5.41, 5.74) is 0. The third kappa shape index (κ3) is 0.719. The van der Waals surface area contributed by atoms with E-state index in [0.717, 1.165) is 0 Å². The molecule has 0 spiro atoms. The van der Waals surface area contributed by atoms with Gasteiger partial charge in [-0.2, -0.15) is 9.89 Å². The van der Waals surface area contributed by atoms with Gasteiger partial charge in [0.25, 0.3) is 0 Å². The first-order valence-corrected chi connectivity index (χ1v) is 3.10. The van der Waals surface area contributed by atoms with Crippen molar-refractivity contribution in [2.24, 2.45) is 0 Å². The SMILES string of the molecule is c1ccn(-n2cccn2)c1. The number of nitrogens with zero attached hydrogens (tertiary/aromatic N) is 3. The third-order valence-corrected chi connectivity index (χ3v) is 1.32. The minimum Gasteiger partial charge on any atom is -0.248 e. The van der Waals surface area contributed by atoms with Gasteiger partial charge >= 0.3 is 0 Å². The smallest absolute Gasteiger partial charge is 0.0511 e. The molecule has 0 saturated carbocycles. The number of hydrogen-bond acceptors (Lipinski definition) is 1. The molecule has 0 bridgehead atoms. The number of aromatic nitrogens is 3. The average molecular weight is 133 g/mol. The molecular formula is C7H7N3. The molecule has 0 atom stereocenters. The van der Waals surface area contributed by atoms with E-state index >= 15 is 0 Å². The van der Waals surface area contributed by atoms with Crippen molar-refractivity contribution in [3.8, 4) is 0 Å². The van der Waals surface area contributed by atoms with Crippen molar-refractivity contribution in [2.45, 2.75) is 0 Å². The van der Waals surface area contributed by atoms with Crippen molar-refractivity contribution in [2.75, 3.05) is 0 Å². The summed E-state index contributed by atoms with van der Waals surface area (Å²) in [7, 11) is 0. The highest BCUT2D eigenvalue weighted by atomic mass is 15.6. The van der Waals surface area contributed by atoms with E-state index in [-0.39, 0.29) is 0 Å². The van der Waals surface area contributed by atoms with E-state index in [4.69, 9.17) is 0 Å². The Morgan fingerprint density at radius 2 is 1.70 bits per heavy atom. The summed E-state index contributed by atoms with van der Waals surface area (Å²) in [6, 6.07) is 5.81. The third-order valence-electron chi connectivity index (χ3n) is 1.32. The van der Waals surface area contributed by atoms with Gasteiger partial charge in [-0.1, -0.05) is 0 Å². The molecule has 2 aromatic heterocycles. The zero-order valence-electron chi connectivity index (χ0n) is 5.38. The zero-order valence-corrected chi connectivity index (χ0v) is 5.38. The predicted octanol–water partition coefficient (Wildman–Crippen LogP) is 0.996. The Bertz CT molecular complexity index is 248. The number of hydrogen-bond donors (Lipinski definition) is 0. The Kier molecular flexibility index (Phi) is 1.07. The van der Waals surface area contributed by atoms with Gasteiger partial charge in [-0.05, 0) is 18.2 Å². The van der Waals surface area contributed by atoms with Crippen molar-refractivity contribution in [3.05, 3.63) is 43.0 Å². The first kappa shape index (κ1) is 5.29. The van der Waals surface area contributed by atoms with Crippen LogP contribution in [0.25, 0.3) is 0 Å². The summed E-state index contributed by atoms with van der Waals surface area (Å²) in [4.78, 5) is 1.75. The molecule has 2 rings (SSSR count). The van der Waals surface area contributed by atoms with Crippen LogP contribution in [0.1, 0.15) is 0 Å². The molecule has 3 nitrogen and oxygen atoms in total. The van der Waals surface area contributed by atoms with E-state index < -0.39 is 0 Å². The van der Waals surface area contributed by atoms with Crippen molar-refractivity contribution < 1.29 is 0 Å². The first-order valence-electron chi connectivity index (χ1n) is 3.10. The van der Waals surface area contributed by atoms with Crippen LogP contribution in [-0.4, -0.2) is 14.6 Å². The highest BCUT2D eigenvalue weighted by molar-refractivity contribution is 4.91. The van der Waals surface area contributed by atoms with Crippen LogP contribution in [0.2, 0.25) is 0 Å². The molecule has 0 N–H and O–H groups in total. The lowest BCUT2D eigenvalue weighted by Crippen LogP contribution is -2.05. The van der Waals surface area contributed by atoms with Crippen molar-refractivity contribution >= 4 is 0 Å². The summed E-state index contributed by atoms with van der Waals surface area (Å²) in [6.07, 6.45) is 7.51. The van der Waals surface area contributed by atoms with Crippen molar-refractivity contribution in [1.29, 1.82) is 0 Å². The second-order valence-electron chi connectivity index (χ2n) is 1.99. The number of rotatable bonds is 1. The molecule has 10 heavy (non-hydrogen) atoms. The van der Waals surface area contributed by atoms with Gasteiger partial charge in [0.1, 0.15) is 0 Å². The molecule has 2 heterocycles. The van der Waals surface area contributed by atoms with Gasteiger partial charge in [0.15, 0.2) is 0 Å². The molecule has 0 fully saturated rings. The normalized spacial score (nSPS) is 10.0. The van der Waals surface area contributed by atoms with Gasteiger partial charge in [0, 0.05) is 18.6 Å². The maximum absolute atomic E-state index is 4.04. The molecule has 0 saturated heterocycles. The molecule has 0 aliphatic rings. The first-order chi connectivity index (χ1) is 4.97. The molecule has 0 aromatic carbocycles. The lowest BCUT2D eigenvalue weighted by molar-refractivity contribution is 0.577. The molecule has 3 heteroatoms. The molecule has 0 amide bonds. The predicted molar refractivity (Wildman–Crippen MR) is 37.5 cm³/mol. The van der Waals surface area contributed by atoms with E-state index in [9.17, 15) is 0 Å². The van der Waals surface area contributed by atoms with E-state index in [1.54, 1.807) is 11.0 Å². The van der Waals surface area contributed by atoms with Crippen LogP contribution in [0.4, 0.5) is 0 Å². The van der Waals surface area contributed by atoms with Crippen LogP contribution in [0.15, 0.2) is 43.0 Å². The Balaban J connectivity index is 2.48. The quantitative estimate of drug-likeness (QED) is 0.569. The maximum atomic E-state index is 4.04. The molecule has 0 unspecified atom stereocenters. The highest BCUT2D eigenvalue weighted by Crippen LogP contribution is 1.90. The van der Waals surface area contributed by atoms with E-state index in [0.29, 0.717) is 0 Å². The van der Waals surface area contributed by atoms with Crippen LogP contribution in [-0.2, 0) is 0 Å². The lowest BCUT2D eigenvalue weighted by atomic mass is 10.7. The molecular weight excluding hydrogens is 126 g/mol. The fraction of sp³-hybridized carbons (Fsp3) is 0. The fourth-order valence-corrected chi connectivity index (χ4v) is 0.859. The standard InChI is InChI=1S/C7H7N3/c1-2-6-9(5-1)10-7-3-4-8-10/h1-7H. The van der Waals surface area contributed by atoms with Crippen molar-refractivity contribution in [3.63, 3.8) is 0 Å². The summed E-state index contributed by atoms with van der Waals surface area (Å²) < 4.78 is 1.89. The zero-order chi connectivity index (χ0) is 6.81. The van der Waals surface area contributed by atoms with E-state index in [1.165, 1.54) is 0 Å². The largest absolute Gasteiger partial charge is 0.248 e. The van der Waals surface area contributed by atoms with Crippen LogP contribution in [0, 0.1) is 0 Å². The minimum atomic E-state index is 1.75. The van der Waals surface area contributed by atoms with E-state index in [1.807, 2.05) is 41.5 Å². The summed E-state index contributed by atoms with van der Waals surface area (Å²) in [5.74, 6) is 0. The Morgan fingerprint density at radius 3 is 2.30 bits per heavy atom. The van der Waals surface area contributed by atoms with Crippen LogP contribution >= 0.6 is 0 Å². The van der Waals surface area contributed by atoms with Crippen LogP contribution in [0.5, 0.6) is 0 Å². The Labute approximate surface area is 58.5 Å². The van der Waals surface area contributed by atoms with Gasteiger partial charge in [-0.25, -0.2) is 4.68 Å². The Morgan fingerprint density at radius 1 is 0.900 bits per heavy atom. The fourth-order valence-electron chi connectivity index (χ4n) is 0.859. The summed E-state index contributed by atoms with van der Waals surface area (Å²) in [5, 5.41) is 4.04. The average Bonchev–Trinajstić information content (AvgIpc) is 2.59. The minimum absolute atomic E-state index is 1.75. The molecule has 0 radical (unpaired) electrons.